The third kappa shape index (κ3) is 6.33. The number of thioether (sulfide) groups is 1. The second kappa shape index (κ2) is 10.4. The minimum absolute atomic E-state index is 0.129. The molecule has 1 N–H and O–H groups in total. The van der Waals surface area contributed by atoms with Crippen molar-refractivity contribution in [3.05, 3.63) is 60.2 Å². The number of amides is 1. The molecule has 0 bridgehead atoms. The number of nitrogens with one attached hydrogen (secondary N) is 1. The van der Waals surface area contributed by atoms with Gasteiger partial charge in [0.2, 0.25) is 0 Å². The largest absolute Gasteiger partial charge is 0.497 e. The fourth-order valence-corrected chi connectivity index (χ4v) is 3.04. The van der Waals surface area contributed by atoms with E-state index in [0.717, 1.165) is 16.2 Å². The molecule has 0 spiro atoms. The Hall–Kier alpha value is -2.67. The van der Waals surface area contributed by atoms with Gasteiger partial charge in [-0.1, -0.05) is 36.4 Å². The predicted octanol–water partition coefficient (Wildman–Crippen LogP) is 3.26. The molecule has 2 rings (SSSR count). The van der Waals surface area contributed by atoms with Crippen molar-refractivity contribution in [2.24, 2.45) is 0 Å². The van der Waals surface area contributed by atoms with E-state index in [4.69, 9.17) is 14.2 Å². The maximum absolute atomic E-state index is 12.0. The first-order valence-electron chi connectivity index (χ1n) is 7.94. The summed E-state index contributed by atoms with van der Waals surface area (Å²) in [6.45, 7) is 0.129. The summed E-state index contributed by atoms with van der Waals surface area (Å²) in [5.74, 6) is 0.497. The summed E-state index contributed by atoms with van der Waals surface area (Å²) in [7, 11) is 2.87. The number of hydrogen-bond donors (Lipinski definition) is 1. The Balaban J connectivity index is 1.89. The highest BCUT2D eigenvalue weighted by atomic mass is 32.2. The van der Waals surface area contributed by atoms with Crippen LogP contribution in [0.25, 0.3) is 0 Å². The van der Waals surface area contributed by atoms with Crippen LogP contribution in [0, 0.1) is 0 Å². The number of carbonyl (C=O) groups is 2. The monoisotopic (exact) mass is 375 g/mol. The average molecular weight is 375 g/mol. The molecular formula is C19H21NO5S. The van der Waals surface area contributed by atoms with Gasteiger partial charge in [-0.25, -0.2) is 9.59 Å². The van der Waals surface area contributed by atoms with E-state index in [-0.39, 0.29) is 6.61 Å². The maximum Gasteiger partial charge on any atom is 0.408 e. The van der Waals surface area contributed by atoms with Gasteiger partial charge in [0.25, 0.3) is 0 Å². The van der Waals surface area contributed by atoms with Crippen LogP contribution in [0.5, 0.6) is 5.75 Å². The van der Waals surface area contributed by atoms with Gasteiger partial charge in [0.1, 0.15) is 18.4 Å². The molecule has 138 valence electrons. The Kier molecular flexibility index (Phi) is 7.82. The van der Waals surface area contributed by atoms with Gasteiger partial charge in [0, 0.05) is 10.6 Å². The van der Waals surface area contributed by atoms with E-state index < -0.39 is 18.1 Å². The fraction of sp³-hybridized carbons (Fsp3) is 0.263. The number of ether oxygens (including phenoxy) is 3. The molecule has 0 aliphatic carbocycles. The van der Waals surface area contributed by atoms with Gasteiger partial charge in [-0.15, -0.1) is 11.8 Å². The van der Waals surface area contributed by atoms with Crippen molar-refractivity contribution < 1.29 is 23.8 Å². The van der Waals surface area contributed by atoms with E-state index in [1.807, 2.05) is 54.6 Å². The van der Waals surface area contributed by atoms with Crippen molar-refractivity contribution in [2.45, 2.75) is 17.5 Å². The topological polar surface area (TPSA) is 73.9 Å². The lowest BCUT2D eigenvalue weighted by Crippen LogP contribution is -2.43. The van der Waals surface area contributed by atoms with Crippen molar-refractivity contribution in [3.8, 4) is 5.75 Å². The average Bonchev–Trinajstić information content (AvgIpc) is 2.69. The van der Waals surface area contributed by atoms with Crippen LogP contribution in [0.4, 0.5) is 4.79 Å². The van der Waals surface area contributed by atoms with Gasteiger partial charge in [-0.2, -0.15) is 0 Å². The lowest BCUT2D eigenvalue weighted by atomic mass is 10.2. The molecule has 6 nitrogen and oxygen atoms in total. The van der Waals surface area contributed by atoms with Crippen LogP contribution >= 0.6 is 11.8 Å². The molecule has 0 aromatic heterocycles. The number of alkyl carbamates (subject to hydrolysis) is 1. The molecule has 0 unspecified atom stereocenters. The first-order valence-corrected chi connectivity index (χ1v) is 8.93. The van der Waals surface area contributed by atoms with Crippen LogP contribution < -0.4 is 10.1 Å². The Bertz CT molecular complexity index is 723. The van der Waals surface area contributed by atoms with Gasteiger partial charge in [-0.3, -0.25) is 0 Å². The standard InChI is InChI=1S/C19H21NO5S/c1-23-15-9-6-10-16(11-15)26-13-17(18(21)24-2)20-19(22)25-12-14-7-4-3-5-8-14/h3-11,17H,12-13H2,1-2H3,(H,20,22)/t17-/m0/s1. The SMILES string of the molecule is COC(=O)[C@H](CSc1cccc(OC)c1)NC(=O)OCc1ccccc1. The Morgan fingerprint density at radius 1 is 1.08 bits per heavy atom. The highest BCUT2D eigenvalue weighted by molar-refractivity contribution is 7.99. The first-order chi connectivity index (χ1) is 12.6. The van der Waals surface area contributed by atoms with Crippen molar-refractivity contribution in [1.29, 1.82) is 0 Å². The minimum Gasteiger partial charge on any atom is -0.497 e. The Labute approximate surface area is 156 Å². The number of benzene rings is 2. The van der Waals surface area contributed by atoms with Crippen molar-refractivity contribution >= 4 is 23.8 Å². The van der Waals surface area contributed by atoms with Gasteiger partial charge >= 0.3 is 12.1 Å². The van der Waals surface area contributed by atoms with E-state index in [1.165, 1.54) is 18.9 Å². The second-order valence-electron chi connectivity index (χ2n) is 5.27. The highest BCUT2D eigenvalue weighted by Crippen LogP contribution is 2.23. The molecule has 1 atom stereocenters. The van der Waals surface area contributed by atoms with Crippen LogP contribution in [0.2, 0.25) is 0 Å². The Morgan fingerprint density at radius 2 is 1.85 bits per heavy atom. The van der Waals surface area contributed by atoms with Crippen LogP contribution in [-0.4, -0.2) is 38.1 Å². The third-order valence-electron chi connectivity index (χ3n) is 3.45. The normalized spacial score (nSPS) is 11.3. The van der Waals surface area contributed by atoms with E-state index in [1.54, 1.807) is 7.11 Å². The van der Waals surface area contributed by atoms with Crippen molar-refractivity contribution in [3.63, 3.8) is 0 Å². The number of methoxy groups -OCH3 is 2. The van der Waals surface area contributed by atoms with Crippen LogP contribution in [0.15, 0.2) is 59.5 Å². The molecule has 2 aromatic carbocycles. The highest BCUT2D eigenvalue weighted by Gasteiger charge is 2.22. The number of hydrogen-bond acceptors (Lipinski definition) is 6. The van der Waals surface area contributed by atoms with Crippen LogP contribution in [-0.2, 0) is 20.9 Å². The summed E-state index contributed by atoms with van der Waals surface area (Å²) in [6, 6.07) is 15.9. The van der Waals surface area contributed by atoms with Crippen molar-refractivity contribution in [1.82, 2.24) is 5.32 Å². The summed E-state index contributed by atoms with van der Waals surface area (Å²) in [6.07, 6.45) is -0.671. The molecule has 2 aromatic rings. The van der Waals surface area contributed by atoms with Crippen molar-refractivity contribution in [2.75, 3.05) is 20.0 Å². The van der Waals surface area contributed by atoms with E-state index in [2.05, 4.69) is 5.32 Å². The molecular weight excluding hydrogens is 354 g/mol. The van der Waals surface area contributed by atoms with Gasteiger partial charge in [0.15, 0.2) is 0 Å². The molecule has 0 heterocycles. The second-order valence-corrected chi connectivity index (χ2v) is 6.37. The van der Waals surface area contributed by atoms with Gasteiger partial charge < -0.3 is 19.5 Å². The molecule has 0 aliphatic heterocycles. The molecule has 26 heavy (non-hydrogen) atoms. The van der Waals surface area contributed by atoms with E-state index >= 15 is 0 Å². The van der Waals surface area contributed by atoms with Gasteiger partial charge in [-0.05, 0) is 23.8 Å². The quantitative estimate of drug-likeness (QED) is 0.564. The number of rotatable bonds is 8. The lowest BCUT2D eigenvalue weighted by Gasteiger charge is -2.16. The maximum atomic E-state index is 12.0. The predicted molar refractivity (Wildman–Crippen MR) is 99.3 cm³/mol. The van der Waals surface area contributed by atoms with E-state index in [0.29, 0.717) is 5.75 Å². The zero-order valence-corrected chi connectivity index (χ0v) is 15.5. The minimum atomic E-state index is -0.820. The smallest absolute Gasteiger partial charge is 0.408 e. The molecule has 1 amide bonds. The van der Waals surface area contributed by atoms with Crippen LogP contribution in [0.1, 0.15) is 5.56 Å². The van der Waals surface area contributed by atoms with E-state index in [9.17, 15) is 9.59 Å². The third-order valence-corrected chi connectivity index (χ3v) is 4.54. The molecule has 7 heteroatoms. The molecule has 0 aliphatic rings. The summed E-state index contributed by atoms with van der Waals surface area (Å²) in [5, 5.41) is 2.55. The number of carbonyl (C=O) groups excluding carboxylic acids is 2. The molecule has 0 saturated heterocycles. The molecule has 0 radical (unpaired) electrons. The van der Waals surface area contributed by atoms with Crippen LogP contribution in [0.3, 0.4) is 0 Å². The fourth-order valence-electron chi connectivity index (χ4n) is 2.09. The summed E-state index contributed by atoms with van der Waals surface area (Å²) in [4.78, 5) is 24.8. The summed E-state index contributed by atoms with van der Waals surface area (Å²) < 4.78 is 15.1. The molecule has 0 saturated carbocycles. The lowest BCUT2D eigenvalue weighted by molar-refractivity contribution is -0.142. The molecule has 0 fully saturated rings. The Morgan fingerprint density at radius 3 is 2.54 bits per heavy atom. The number of esters is 1. The first kappa shape index (κ1) is 19.7. The zero-order chi connectivity index (χ0) is 18.8. The van der Waals surface area contributed by atoms with Gasteiger partial charge in [0.05, 0.1) is 14.2 Å². The zero-order valence-electron chi connectivity index (χ0n) is 14.6. The summed E-state index contributed by atoms with van der Waals surface area (Å²) in [5.41, 5.74) is 0.864. The summed E-state index contributed by atoms with van der Waals surface area (Å²) >= 11 is 1.41.